The first-order valence-corrected chi connectivity index (χ1v) is 10.6. The van der Waals surface area contributed by atoms with Crippen molar-refractivity contribution in [3.05, 3.63) is 64.0 Å². The van der Waals surface area contributed by atoms with E-state index in [9.17, 15) is 14.9 Å². The van der Waals surface area contributed by atoms with Crippen molar-refractivity contribution in [1.82, 2.24) is 4.57 Å². The van der Waals surface area contributed by atoms with Gasteiger partial charge in [0.1, 0.15) is 11.6 Å². The van der Waals surface area contributed by atoms with E-state index in [1.54, 1.807) is 12.1 Å². The van der Waals surface area contributed by atoms with Gasteiger partial charge in [-0.3, -0.25) is 4.79 Å². The second kappa shape index (κ2) is 10.2. The first-order valence-electron chi connectivity index (χ1n) is 10.6. The summed E-state index contributed by atoms with van der Waals surface area (Å²) < 4.78 is 13.0. The molecule has 0 spiro atoms. The zero-order chi connectivity index (χ0) is 22.4. The Labute approximate surface area is 183 Å². The second-order valence-corrected chi connectivity index (χ2v) is 7.79. The molecule has 6 heteroatoms. The summed E-state index contributed by atoms with van der Waals surface area (Å²) in [7, 11) is 0. The third-order valence-corrected chi connectivity index (χ3v) is 5.68. The van der Waals surface area contributed by atoms with Gasteiger partial charge in [-0.25, -0.2) is 4.79 Å². The van der Waals surface area contributed by atoms with Crippen LogP contribution in [0.4, 0.5) is 0 Å². The summed E-state index contributed by atoms with van der Waals surface area (Å²) in [5, 5.41) is 9.46. The lowest BCUT2D eigenvalue weighted by Crippen LogP contribution is -2.17. The molecule has 1 aromatic heterocycles. The van der Waals surface area contributed by atoms with E-state index in [0.29, 0.717) is 5.56 Å². The first-order chi connectivity index (χ1) is 14.9. The van der Waals surface area contributed by atoms with Crippen molar-refractivity contribution in [3.8, 4) is 6.07 Å². The minimum absolute atomic E-state index is 0.133. The van der Waals surface area contributed by atoms with Gasteiger partial charge in [0.25, 0.3) is 0 Å². The predicted molar refractivity (Wildman–Crippen MR) is 118 cm³/mol. The highest BCUT2D eigenvalue weighted by atomic mass is 16.5. The Bertz CT molecular complexity index is 1020. The molecule has 0 unspecified atom stereocenters. The van der Waals surface area contributed by atoms with E-state index in [1.807, 2.05) is 45.0 Å². The Morgan fingerprint density at radius 3 is 2.65 bits per heavy atom. The number of hydrogen-bond acceptors (Lipinski definition) is 5. The van der Waals surface area contributed by atoms with Crippen molar-refractivity contribution in [2.24, 2.45) is 0 Å². The Hall–Kier alpha value is -3.17. The maximum Gasteiger partial charge on any atom is 0.349 e. The van der Waals surface area contributed by atoms with Gasteiger partial charge in [-0.1, -0.05) is 31.2 Å². The Balaban J connectivity index is 1.67. The van der Waals surface area contributed by atoms with Crippen molar-refractivity contribution in [2.75, 3.05) is 13.2 Å². The number of carbonyl (C=O) groups is 2. The summed E-state index contributed by atoms with van der Waals surface area (Å²) in [5.74, 6) is -1.10. The zero-order valence-electron chi connectivity index (χ0n) is 18.3. The average molecular weight is 421 g/mol. The lowest BCUT2D eigenvalue weighted by Gasteiger charge is -2.14. The molecular formula is C25H28N2O4. The monoisotopic (exact) mass is 420 g/mol. The highest BCUT2D eigenvalue weighted by Crippen LogP contribution is 2.22. The van der Waals surface area contributed by atoms with Crippen LogP contribution < -0.4 is 0 Å². The number of carbonyl (C=O) groups excluding carboxylic acids is 2. The molecule has 31 heavy (non-hydrogen) atoms. The van der Waals surface area contributed by atoms with Gasteiger partial charge in [-0.15, -0.1) is 0 Å². The normalized spacial score (nSPS) is 16.2. The number of ether oxygens (including phenoxy) is 2. The molecule has 6 nitrogen and oxygen atoms in total. The molecule has 162 valence electrons. The number of aryl methyl sites for hydroxylation is 2. The fraction of sp³-hybridized carbons (Fsp3) is 0.400. The number of ketones is 1. The van der Waals surface area contributed by atoms with Crippen LogP contribution in [0.2, 0.25) is 0 Å². The van der Waals surface area contributed by atoms with Crippen LogP contribution in [-0.2, 0) is 27.2 Å². The molecule has 1 atom stereocenters. The van der Waals surface area contributed by atoms with Crippen LogP contribution in [0, 0.1) is 25.2 Å². The molecule has 0 saturated carbocycles. The quantitative estimate of drug-likeness (QED) is 0.277. The van der Waals surface area contributed by atoms with E-state index in [-0.39, 0.29) is 17.5 Å². The fourth-order valence-corrected chi connectivity index (χ4v) is 3.76. The van der Waals surface area contributed by atoms with Crippen LogP contribution in [-0.4, -0.2) is 35.6 Å². The second-order valence-electron chi connectivity index (χ2n) is 7.79. The van der Waals surface area contributed by atoms with Crippen molar-refractivity contribution in [1.29, 1.82) is 5.26 Å². The topological polar surface area (TPSA) is 81.3 Å². The number of nitriles is 1. The summed E-state index contributed by atoms with van der Waals surface area (Å²) in [6.07, 6.45) is 4.71. The molecule has 0 amide bonds. The predicted octanol–water partition coefficient (Wildman–Crippen LogP) is 4.18. The average Bonchev–Trinajstić information content (AvgIpc) is 3.39. The van der Waals surface area contributed by atoms with E-state index >= 15 is 0 Å². The number of nitrogens with zero attached hydrogens (tertiary/aromatic N) is 2. The molecule has 0 bridgehead atoms. The minimum Gasteiger partial charge on any atom is -0.453 e. The number of Topliss-reactive ketones (excluding diaryl/α,β-unsaturated/α-hetero) is 1. The van der Waals surface area contributed by atoms with Gasteiger partial charge in [-0.05, 0) is 56.4 Å². The molecule has 2 aromatic rings. The van der Waals surface area contributed by atoms with Gasteiger partial charge in [0, 0.05) is 30.1 Å². The molecule has 1 aliphatic rings. The number of rotatable bonds is 8. The van der Waals surface area contributed by atoms with Crippen LogP contribution in [0.25, 0.3) is 6.08 Å². The largest absolute Gasteiger partial charge is 0.453 e. The maximum atomic E-state index is 12.4. The van der Waals surface area contributed by atoms with Gasteiger partial charge in [0.15, 0.2) is 12.4 Å². The Morgan fingerprint density at radius 1 is 1.29 bits per heavy atom. The van der Waals surface area contributed by atoms with Crippen LogP contribution in [0.15, 0.2) is 35.9 Å². The van der Waals surface area contributed by atoms with Gasteiger partial charge < -0.3 is 14.0 Å². The number of benzene rings is 1. The number of aromatic nitrogens is 1. The van der Waals surface area contributed by atoms with Gasteiger partial charge in [-0.2, -0.15) is 5.26 Å². The highest BCUT2D eigenvalue weighted by Gasteiger charge is 2.20. The molecule has 1 fully saturated rings. The molecule has 1 aromatic carbocycles. The minimum atomic E-state index is -0.801. The molecule has 0 aliphatic carbocycles. The Morgan fingerprint density at radius 2 is 2.03 bits per heavy atom. The van der Waals surface area contributed by atoms with Crippen LogP contribution >= 0.6 is 0 Å². The first kappa shape index (κ1) is 22.5. The summed E-state index contributed by atoms with van der Waals surface area (Å²) in [6.45, 7) is 7.13. The zero-order valence-corrected chi connectivity index (χ0v) is 18.3. The molecule has 2 heterocycles. The number of esters is 1. The van der Waals surface area contributed by atoms with Crippen molar-refractivity contribution in [2.45, 2.75) is 52.7 Å². The molecule has 0 radical (unpaired) electrons. The van der Waals surface area contributed by atoms with Crippen LogP contribution in [0.3, 0.4) is 0 Å². The van der Waals surface area contributed by atoms with Crippen molar-refractivity contribution >= 4 is 17.8 Å². The summed E-state index contributed by atoms with van der Waals surface area (Å²) in [5.41, 5.74) is 4.25. The Kier molecular flexibility index (Phi) is 7.43. The van der Waals surface area contributed by atoms with E-state index in [1.165, 1.54) is 6.08 Å². The summed E-state index contributed by atoms with van der Waals surface area (Å²) in [6, 6.07) is 11.0. The van der Waals surface area contributed by atoms with E-state index < -0.39 is 12.6 Å². The lowest BCUT2D eigenvalue weighted by molar-refractivity contribution is -0.137. The van der Waals surface area contributed by atoms with Gasteiger partial charge in [0.2, 0.25) is 0 Å². The standard InChI is InChI=1S/C25H28N2O4/c1-4-19-7-9-20(10-8-19)24(28)16-31-25(29)22(14-26)13-21-12-17(2)27(18(21)3)15-23-6-5-11-30-23/h7-10,12-13,23H,4-6,11,15-16H2,1-3H3/b22-13+/t23-/m1/s1. The summed E-state index contributed by atoms with van der Waals surface area (Å²) >= 11 is 0. The van der Waals surface area contributed by atoms with Crippen molar-refractivity contribution in [3.63, 3.8) is 0 Å². The fourth-order valence-electron chi connectivity index (χ4n) is 3.76. The summed E-state index contributed by atoms with van der Waals surface area (Å²) in [4.78, 5) is 24.7. The molecule has 0 N–H and O–H groups in total. The lowest BCUT2D eigenvalue weighted by atomic mass is 10.1. The smallest absolute Gasteiger partial charge is 0.349 e. The molecule has 1 aliphatic heterocycles. The number of hydrogen-bond donors (Lipinski definition) is 0. The van der Waals surface area contributed by atoms with Crippen molar-refractivity contribution < 1.29 is 19.1 Å². The molecule has 1 saturated heterocycles. The van der Waals surface area contributed by atoms with Gasteiger partial charge >= 0.3 is 5.97 Å². The third-order valence-electron chi connectivity index (χ3n) is 5.68. The molecule has 3 rings (SSSR count). The van der Waals surface area contributed by atoms with Crippen LogP contribution in [0.1, 0.15) is 52.6 Å². The van der Waals surface area contributed by atoms with E-state index in [4.69, 9.17) is 9.47 Å². The van der Waals surface area contributed by atoms with Gasteiger partial charge in [0.05, 0.1) is 6.10 Å². The molecular weight excluding hydrogens is 392 g/mol. The maximum absolute atomic E-state index is 12.4. The van der Waals surface area contributed by atoms with E-state index in [0.717, 1.165) is 54.9 Å². The van der Waals surface area contributed by atoms with Crippen LogP contribution in [0.5, 0.6) is 0 Å². The third kappa shape index (κ3) is 5.50. The van der Waals surface area contributed by atoms with E-state index in [2.05, 4.69) is 4.57 Å². The highest BCUT2D eigenvalue weighted by molar-refractivity contribution is 6.02. The SMILES string of the molecule is CCc1ccc(C(=O)COC(=O)/C(C#N)=C/c2cc(C)n(C[C@H]3CCCO3)c2C)cc1.